The van der Waals surface area contributed by atoms with E-state index in [1.165, 1.54) is 18.4 Å². The normalized spacial score (nSPS) is 15.7. The molecule has 74 valence electrons. The average molecular weight is 205 g/mol. The zero-order chi connectivity index (χ0) is 9.80. The fourth-order valence-corrected chi connectivity index (χ4v) is 2.32. The van der Waals surface area contributed by atoms with Gasteiger partial charge < -0.3 is 0 Å². The summed E-state index contributed by atoms with van der Waals surface area (Å²) in [7, 11) is 0. The van der Waals surface area contributed by atoms with Crippen molar-refractivity contribution in [2.45, 2.75) is 31.8 Å². The molecule has 0 unspecified atom stereocenters. The number of hydrogen-bond donors (Lipinski definition) is 0. The molecule has 2 heteroatoms. The van der Waals surface area contributed by atoms with Gasteiger partial charge in [-0.1, -0.05) is 0 Å². The first kappa shape index (κ1) is 9.76. The Kier molecular flexibility index (Phi) is 3.23. The van der Waals surface area contributed by atoms with Gasteiger partial charge in [0.15, 0.2) is 0 Å². The molecule has 1 aliphatic rings. The number of rotatable bonds is 5. The van der Waals surface area contributed by atoms with E-state index in [0.717, 1.165) is 25.6 Å². The van der Waals surface area contributed by atoms with E-state index in [0.29, 0.717) is 0 Å². The molecule has 2 rings (SSSR count). The lowest BCUT2D eigenvalue weighted by atomic mass is 10.3. The van der Waals surface area contributed by atoms with Crippen molar-refractivity contribution in [1.29, 1.82) is 0 Å². The Bertz CT molecular complexity index is 306. The summed E-state index contributed by atoms with van der Waals surface area (Å²) in [6.45, 7) is 2.13. The summed E-state index contributed by atoms with van der Waals surface area (Å²) in [4.78, 5) is 2.52. The molecule has 0 amide bonds. The quantitative estimate of drug-likeness (QED) is 0.668. The molecule has 0 radical (unpaired) electrons. The molecule has 14 heavy (non-hydrogen) atoms. The van der Waals surface area contributed by atoms with E-state index in [2.05, 4.69) is 27.6 Å². The van der Waals surface area contributed by atoms with Crippen LogP contribution in [0.4, 0.5) is 0 Å². The third-order valence-electron chi connectivity index (χ3n) is 2.57. The predicted molar refractivity (Wildman–Crippen MR) is 61.2 cm³/mol. The minimum absolute atomic E-state index is 0.809. The molecule has 0 atom stereocenters. The van der Waals surface area contributed by atoms with Crippen LogP contribution in [0.15, 0.2) is 16.8 Å². The summed E-state index contributed by atoms with van der Waals surface area (Å²) in [5.41, 5.74) is 1.43. The predicted octanol–water partition coefficient (Wildman–Crippen LogP) is 2.74. The molecule has 1 heterocycles. The summed E-state index contributed by atoms with van der Waals surface area (Å²) >= 11 is 1.77. The highest BCUT2D eigenvalue weighted by molar-refractivity contribution is 7.07. The summed E-state index contributed by atoms with van der Waals surface area (Å²) < 4.78 is 0. The molecule has 0 saturated heterocycles. The molecule has 1 aliphatic carbocycles. The maximum absolute atomic E-state index is 5.30. The van der Waals surface area contributed by atoms with E-state index < -0.39 is 0 Å². The Morgan fingerprint density at radius 2 is 2.43 bits per heavy atom. The molecule has 0 aliphatic heterocycles. The molecule has 0 spiro atoms. The van der Waals surface area contributed by atoms with E-state index >= 15 is 0 Å². The number of nitrogens with zero attached hydrogens (tertiary/aromatic N) is 1. The van der Waals surface area contributed by atoms with Crippen LogP contribution in [0.2, 0.25) is 0 Å². The van der Waals surface area contributed by atoms with Crippen molar-refractivity contribution in [3.8, 4) is 12.3 Å². The summed E-state index contributed by atoms with van der Waals surface area (Å²) in [6.07, 6.45) is 8.88. The highest BCUT2D eigenvalue weighted by Crippen LogP contribution is 2.28. The zero-order valence-corrected chi connectivity index (χ0v) is 9.09. The van der Waals surface area contributed by atoms with Crippen molar-refractivity contribution in [2.24, 2.45) is 0 Å². The first-order chi connectivity index (χ1) is 6.90. The van der Waals surface area contributed by atoms with Crippen molar-refractivity contribution < 1.29 is 0 Å². The van der Waals surface area contributed by atoms with Crippen molar-refractivity contribution >= 4 is 11.3 Å². The van der Waals surface area contributed by atoms with Crippen molar-refractivity contribution in [3.05, 3.63) is 22.4 Å². The lowest BCUT2D eigenvalue weighted by molar-refractivity contribution is 0.261. The molecule has 1 aromatic rings. The molecule has 1 saturated carbocycles. The van der Waals surface area contributed by atoms with Gasteiger partial charge in [0.2, 0.25) is 0 Å². The van der Waals surface area contributed by atoms with Crippen LogP contribution in [0.3, 0.4) is 0 Å². The fourth-order valence-electron chi connectivity index (χ4n) is 1.66. The van der Waals surface area contributed by atoms with E-state index in [-0.39, 0.29) is 0 Å². The van der Waals surface area contributed by atoms with Crippen molar-refractivity contribution in [1.82, 2.24) is 4.90 Å². The van der Waals surface area contributed by atoms with Gasteiger partial charge in [-0.3, -0.25) is 4.90 Å². The SMILES string of the molecule is C#CCCN(Cc1ccsc1)C1CC1. The van der Waals surface area contributed by atoms with Gasteiger partial charge in [-0.15, -0.1) is 12.3 Å². The van der Waals surface area contributed by atoms with Crippen LogP contribution in [0, 0.1) is 12.3 Å². The molecular weight excluding hydrogens is 190 g/mol. The van der Waals surface area contributed by atoms with Gasteiger partial charge in [-0.25, -0.2) is 0 Å². The van der Waals surface area contributed by atoms with Crippen LogP contribution in [-0.2, 0) is 6.54 Å². The van der Waals surface area contributed by atoms with Crippen LogP contribution >= 0.6 is 11.3 Å². The highest BCUT2D eigenvalue weighted by atomic mass is 32.1. The number of thiophene rings is 1. The Morgan fingerprint density at radius 1 is 1.57 bits per heavy atom. The van der Waals surface area contributed by atoms with Gasteiger partial charge in [0.1, 0.15) is 0 Å². The van der Waals surface area contributed by atoms with Gasteiger partial charge in [0.25, 0.3) is 0 Å². The smallest absolute Gasteiger partial charge is 0.0245 e. The minimum Gasteiger partial charge on any atom is -0.295 e. The standard InChI is InChI=1S/C12H15NS/c1-2-3-7-13(12-4-5-12)9-11-6-8-14-10-11/h1,6,8,10,12H,3-5,7,9H2. The van der Waals surface area contributed by atoms with Crippen LogP contribution < -0.4 is 0 Å². The lowest BCUT2D eigenvalue weighted by Crippen LogP contribution is -2.26. The molecular formula is C12H15NS. The van der Waals surface area contributed by atoms with E-state index in [1.807, 2.05) is 0 Å². The van der Waals surface area contributed by atoms with Gasteiger partial charge in [0, 0.05) is 25.6 Å². The third-order valence-corrected chi connectivity index (χ3v) is 3.30. The Hall–Kier alpha value is -0.780. The topological polar surface area (TPSA) is 3.24 Å². The maximum atomic E-state index is 5.30. The second-order valence-electron chi connectivity index (χ2n) is 3.79. The van der Waals surface area contributed by atoms with Crippen molar-refractivity contribution in [2.75, 3.05) is 6.54 Å². The number of terminal acetylenes is 1. The largest absolute Gasteiger partial charge is 0.295 e. The molecule has 1 fully saturated rings. The molecule has 0 bridgehead atoms. The average Bonchev–Trinajstić information content (AvgIpc) is 2.92. The van der Waals surface area contributed by atoms with E-state index in [9.17, 15) is 0 Å². The Balaban J connectivity index is 1.88. The third kappa shape index (κ3) is 2.60. The van der Waals surface area contributed by atoms with Crippen LogP contribution in [0.25, 0.3) is 0 Å². The van der Waals surface area contributed by atoms with Gasteiger partial charge in [-0.2, -0.15) is 11.3 Å². The molecule has 0 aromatic carbocycles. The summed E-state index contributed by atoms with van der Waals surface area (Å²) in [6, 6.07) is 3.01. The van der Waals surface area contributed by atoms with Crippen LogP contribution in [-0.4, -0.2) is 17.5 Å². The summed E-state index contributed by atoms with van der Waals surface area (Å²) in [5, 5.41) is 4.37. The Morgan fingerprint density at radius 3 is 3.00 bits per heavy atom. The first-order valence-corrected chi connectivity index (χ1v) is 6.03. The zero-order valence-electron chi connectivity index (χ0n) is 8.28. The molecule has 1 nitrogen and oxygen atoms in total. The maximum Gasteiger partial charge on any atom is 0.0245 e. The molecule has 0 N–H and O–H groups in total. The van der Waals surface area contributed by atoms with Gasteiger partial charge >= 0.3 is 0 Å². The second kappa shape index (κ2) is 4.63. The fraction of sp³-hybridized carbons (Fsp3) is 0.500. The van der Waals surface area contributed by atoms with Gasteiger partial charge in [0.05, 0.1) is 0 Å². The van der Waals surface area contributed by atoms with E-state index in [1.54, 1.807) is 11.3 Å². The highest BCUT2D eigenvalue weighted by Gasteiger charge is 2.28. The Labute approximate surface area is 89.7 Å². The van der Waals surface area contributed by atoms with E-state index in [4.69, 9.17) is 6.42 Å². The molecule has 1 aromatic heterocycles. The minimum atomic E-state index is 0.809. The second-order valence-corrected chi connectivity index (χ2v) is 4.57. The first-order valence-electron chi connectivity index (χ1n) is 5.09. The lowest BCUT2D eigenvalue weighted by Gasteiger charge is -2.19. The monoisotopic (exact) mass is 205 g/mol. The number of hydrogen-bond acceptors (Lipinski definition) is 2. The van der Waals surface area contributed by atoms with Crippen LogP contribution in [0.5, 0.6) is 0 Å². The summed E-state index contributed by atoms with van der Waals surface area (Å²) in [5.74, 6) is 2.72. The van der Waals surface area contributed by atoms with Gasteiger partial charge in [-0.05, 0) is 35.2 Å². The van der Waals surface area contributed by atoms with Crippen molar-refractivity contribution in [3.63, 3.8) is 0 Å². The van der Waals surface area contributed by atoms with Crippen LogP contribution in [0.1, 0.15) is 24.8 Å².